The van der Waals surface area contributed by atoms with E-state index in [1.54, 1.807) is 22.9 Å². The second-order valence-corrected chi connectivity index (χ2v) is 6.87. The number of amides is 1. The van der Waals surface area contributed by atoms with Crippen molar-refractivity contribution >= 4 is 22.8 Å². The van der Waals surface area contributed by atoms with Crippen molar-refractivity contribution in [3.8, 4) is 0 Å². The van der Waals surface area contributed by atoms with Crippen molar-refractivity contribution in [3.63, 3.8) is 0 Å². The molecule has 7 heteroatoms. The minimum atomic E-state index is -0.765. The van der Waals surface area contributed by atoms with Crippen molar-refractivity contribution in [2.24, 2.45) is 5.92 Å². The fourth-order valence-corrected chi connectivity index (χ4v) is 3.01. The summed E-state index contributed by atoms with van der Waals surface area (Å²) in [7, 11) is 1.29. The van der Waals surface area contributed by atoms with Crippen LogP contribution < -0.4 is 5.32 Å². The monoisotopic (exact) mass is 383 g/mol. The number of benzene rings is 2. The van der Waals surface area contributed by atoms with Crippen LogP contribution in [0.4, 0.5) is 4.39 Å². The zero-order valence-corrected chi connectivity index (χ0v) is 16.0. The number of ether oxygens (including phenoxy) is 1. The van der Waals surface area contributed by atoms with Gasteiger partial charge in [-0.15, -0.1) is 0 Å². The number of esters is 1. The van der Waals surface area contributed by atoms with Crippen molar-refractivity contribution in [2.75, 3.05) is 7.11 Å². The van der Waals surface area contributed by atoms with E-state index in [0.717, 1.165) is 11.1 Å². The van der Waals surface area contributed by atoms with Gasteiger partial charge in [0.25, 0.3) is 5.91 Å². The van der Waals surface area contributed by atoms with Crippen LogP contribution in [0.25, 0.3) is 10.9 Å². The van der Waals surface area contributed by atoms with Crippen LogP contribution in [0.15, 0.2) is 48.5 Å². The molecule has 2 aromatic carbocycles. The van der Waals surface area contributed by atoms with Crippen LogP contribution in [0.2, 0.25) is 0 Å². The first-order chi connectivity index (χ1) is 13.4. The van der Waals surface area contributed by atoms with E-state index >= 15 is 0 Å². The van der Waals surface area contributed by atoms with Crippen LogP contribution in [0, 0.1) is 11.7 Å². The third kappa shape index (κ3) is 4.03. The first-order valence-corrected chi connectivity index (χ1v) is 8.99. The van der Waals surface area contributed by atoms with E-state index < -0.39 is 17.9 Å². The molecule has 0 saturated carbocycles. The normalized spacial score (nSPS) is 12.2. The first kappa shape index (κ1) is 19.5. The van der Waals surface area contributed by atoms with Gasteiger partial charge in [-0.25, -0.2) is 9.18 Å². The number of hydrogen-bond donors (Lipinski definition) is 1. The second-order valence-electron chi connectivity index (χ2n) is 6.87. The number of nitrogens with zero attached hydrogens (tertiary/aromatic N) is 2. The molecule has 0 unspecified atom stereocenters. The summed E-state index contributed by atoms with van der Waals surface area (Å²) < 4.78 is 19.6. The van der Waals surface area contributed by atoms with Crippen molar-refractivity contribution < 1.29 is 18.7 Å². The van der Waals surface area contributed by atoms with Crippen LogP contribution >= 0.6 is 0 Å². The molecule has 0 bridgehead atoms. The van der Waals surface area contributed by atoms with Crippen molar-refractivity contribution in [3.05, 3.63) is 65.6 Å². The van der Waals surface area contributed by atoms with E-state index in [1.165, 1.54) is 19.2 Å². The predicted molar refractivity (Wildman–Crippen MR) is 103 cm³/mol. The molecule has 0 aliphatic rings. The molecule has 1 N–H and O–H groups in total. The lowest BCUT2D eigenvalue weighted by molar-refractivity contribution is -0.144. The minimum Gasteiger partial charge on any atom is -0.467 e. The van der Waals surface area contributed by atoms with Gasteiger partial charge in [-0.05, 0) is 29.7 Å². The van der Waals surface area contributed by atoms with Crippen LogP contribution in [0.3, 0.4) is 0 Å². The zero-order valence-electron chi connectivity index (χ0n) is 16.0. The van der Waals surface area contributed by atoms with E-state index in [4.69, 9.17) is 4.74 Å². The third-order valence-electron chi connectivity index (χ3n) is 4.53. The first-order valence-electron chi connectivity index (χ1n) is 8.99. The van der Waals surface area contributed by atoms with Crippen LogP contribution in [-0.2, 0) is 16.1 Å². The summed E-state index contributed by atoms with van der Waals surface area (Å²) in [4.78, 5) is 24.8. The van der Waals surface area contributed by atoms with Crippen molar-refractivity contribution in [2.45, 2.75) is 26.4 Å². The lowest BCUT2D eigenvalue weighted by Crippen LogP contribution is -2.45. The fourth-order valence-electron chi connectivity index (χ4n) is 3.01. The van der Waals surface area contributed by atoms with Gasteiger partial charge >= 0.3 is 5.97 Å². The molecule has 1 amide bonds. The Balaban J connectivity index is 1.94. The van der Waals surface area contributed by atoms with Gasteiger partial charge in [0.2, 0.25) is 0 Å². The van der Waals surface area contributed by atoms with Gasteiger partial charge in [-0.3, -0.25) is 9.48 Å². The van der Waals surface area contributed by atoms with Crippen molar-refractivity contribution in [1.29, 1.82) is 0 Å². The summed E-state index contributed by atoms with van der Waals surface area (Å²) in [6, 6.07) is 12.7. The van der Waals surface area contributed by atoms with Gasteiger partial charge in [0.15, 0.2) is 5.69 Å². The van der Waals surface area contributed by atoms with E-state index in [0.29, 0.717) is 11.9 Å². The van der Waals surface area contributed by atoms with Crippen LogP contribution in [-0.4, -0.2) is 34.8 Å². The molecule has 146 valence electrons. The molecule has 1 aromatic heterocycles. The molecule has 0 spiro atoms. The number of nitrogens with one attached hydrogen (secondary N) is 1. The summed E-state index contributed by atoms with van der Waals surface area (Å²) in [6.07, 6.45) is 0. The average Bonchev–Trinajstić information content (AvgIpc) is 3.05. The Morgan fingerprint density at radius 1 is 1.14 bits per heavy atom. The Hall–Kier alpha value is -3.22. The summed E-state index contributed by atoms with van der Waals surface area (Å²) in [5.74, 6) is -1.39. The number of carbonyl (C=O) groups excluding carboxylic acids is 2. The molecule has 0 fully saturated rings. The van der Waals surface area contributed by atoms with Crippen molar-refractivity contribution in [1.82, 2.24) is 15.1 Å². The molecule has 28 heavy (non-hydrogen) atoms. The maximum Gasteiger partial charge on any atom is 0.328 e. The molecule has 0 saturated heterocycles. The molecule has 1 heterocycles. The second kappa shape index (κ2) is 8.21. The molecule has 0 aliphatic heterocycles. The standard InChI is InChI=1S/C21H22FN3O3/c1-13(2)18(21(27)28-3)23-20(26)19-16-6-4-5-7-17(16)25(24-19)12-14-8-10-15(22)11-9-14/h4-11,13,18H,12H2,1-3H3,(H,23,26)/t18-/m1/s1. The highest BCUT2D eigenvalue weighted by molar-refractivity contribution is 6.06. The Labute approximate surface area is 162 Å². The summed E-state index contributed by atoms with van der Waals surface area (Å²) >= 11 is 0. The van der Waals surface area contributed by atoms with Crippen LogP contribution in [0.5, 0.6) is 0 Å². The van der Waals surface area contributed by atoms with Crippen LogP contribution in [0.1, 0.15) is 29.9 Å². The highest BCUT2D eigenvalue weighted by atomic mass is 19.1. The summed E-state index contributed by atoms with van der Waals surface area (Å²) in [6.45, 7) is 4.04. The predicted octanol–water partition coefficient (Wildman–Crippen LogP) is 3.15. The molecular formula is C21H22FN3O3. The minimum absolute atomic E-state index is 0.135. The molecular weight excluding hydrogens is 361 g/mol. The summed E-state index contributed by atoms with van der Waals surface area (Å²) in [5, 5.41) is 7.86. The Bertz CT molecular complexity index is 996. The van der Waals surface area contributed by atoms with E-state index in [9.17, 15) is 14.0 Å². The number of methoxy groups -OCH3 is 1. The number of hydrogen-bond acceptors (Lipinski definition) is 4. The lowest BCUT2D eigenvalue weighted by Gasteiger charge is -2.19. The number of rotatable bonds is 6. The summed E-state index contributed by atoms with van der Waals surface area (Å²) in [5.41, 5.74) is 1.86. The Kier molecular flexibility index (Phi) is 5.73. The van der Waals surface area contributed by atoms with E-state index in [2.05, 4.69) is 10.4 Å². The Morgan fingerprint density at radius 2 is 1.82 bits per heavy atom. The highest BCUT2D eigenvalue weighted by Gasteiger charge is 2.27. The number of halogens is 1. The van der Waals surface area contributed by atoms with Gasteiger partial charge in [0.05, 0.1) is 19.2 Å². The molecule has 1 atom stereocenters. The number of para-hydroxylation sites is 1. The number of aromatic nitrogens is 2. The quantitative estimate of drug-likeness (QED) is 0.664. The zero-order chi connectivity index (χ0) is 20.3. The Morgan fingerprint density at radius 3 is 2.46 bits per heavy atom. The smallest absolute Gasteiger partial charge is 0.328 e. The van der Waals surface area contributed by atoms with Gasteiger partial charge in [0, 0.05) is 5.39 Å². The maximum absolute atomic E-state index is 13.2. The number of fused-ring (bicyclic) bond motifs is 1. The molecule has 0 radical (unpaired) electrons. The van der Waals surface area contributed by atoms with Gasteiger partial charge < -0.3 is 10.1 Å². The molecule has 6 nitrogen and oxygen atoms in total. The topological polar surface area (TPSA) is 73.2 Å². The SMILES string of the molecule is COC(=O)[C@H](NC(=O)c1nn(Cc2ccc(F)cc2)c2ccccc12)C(C)C. The van der Waals surface area contributed by atoms with E-state index in [-0.39, 0.29) is 17.4 Å². The average molecular weight is 383 g/mol. The van der Waals surface area contributed by atoms with E-state index in [1.807, 2.05) is 32.0 Å². The van der Waals surface area contributed by atoms with Gasteiger partial charge in [-0.2, -0.15) is 5.10 Å². The molecule has 3 rings (SSSR count). The molecule has 3 aromatic rings. The fraction of sp³-hybridized carbons (Fsp3) is 0.286. The maximum atomic E-state index is 13.2. The van der Waals surface area contributed by atoms with Gasteiger partial charge in [-0.1, -0.05) is 44.2 Å². The van der Waals surface area contributed by atoms with Gasteiger partial charge in [0.1, 0.15) is 11.9 Å². The lowest BCUT2D eigenvalue weighted by atomic mass is 10.0. The molecule has 0 aliphatic carbocycles. The number of carbonyl (C=O) groups is 2. The third-order valence-corrected chi connectivity index (χ3v) is 4.53. The highest BCUT2D eigenvalue weighted by Crippen LogP contribution is 2.20. The largest absolute Gasteiger partial charge is 0.467 e.